The maximum absolute atomic E-state index is 12.9. The molecule has 1 atom stereocenters. The Labute approximate surface area is 159 Å². The summed E-state index contributed by atoms with van der Waals surface area (Å²) in [6.45, 7) is 8.40. The highest BCUT2D eigenvalue weighted by Crippen LogP contribution is 2.26. The first-order valence-electron chi connectivity index (χ1n) is 9.08. The summed E-state index contributed by atoms with van der Waals surface area (Å²) in [5.74, 6) is -0.258. The number of nitrogens with one attached hydrogen (secondary N) is 1. The van der Waals surface area contributed by atoms with Crippen LogP contribution in [0.3, 0.4) is 0 Å². The predicted octanol–water partition coefficient (Wildman–Crippen LogP) is 3.28. The van der Waals surface area contributed by atoms with Crippen LogP contribution in [0.4, 0.5) is 10.5 Å². The fourth-order valence-corrected chi connectivity index (χ4v) is 3.20. The van der Waals surface area contributed by atoms with Crippen LogP contribution in [-0.4, -0.2) is 47.1 Å². The standard InChI is InChI=1S/C19H27N3O5/c1-13-7-5-9-15(16(13)22(25)26)17(23)21-10-6-8-14(12-21)11-20-18(24)27-19(2,3)4/h5,7,9,14H,6,8,10-12H2,1-4H3,(H,20,24). The SMILES string of the molecule is Cc1cccc(C(=O)N2CCCC(CNC(=O)OC(C)(C)C)C2)c1[N+](=O)[O-]. The fraction of sp³-hybridized carbons (Fsp3) is 0.579. The van der Waals surface area contributed by atoms with Crippen molar-refractivity contribution in [1.82, 2.24) is 10.2 Å². The van der Waals surface area contributed by atoms with Gasteiger partial charge in [-0.2, -0.15) is 0 Å². The van der Waals surface area contributed by atoms with Gasteiger partial charge in [0.2, 0.25) is 0 Å². The van der Waals surface area contributed by atoms with E-state index in [2.05, 4.69) is 5.32 Å². The first-order valence-corrected chi connectivity index (χ1v) is 9.08. The Bertz CT molecular complexity index is 727. The molecule has 27 heavy (non-hydrogen) atoms. The van der Waals surface area contributed by atoms with Crippen molar-refractivity contribution < 1.29 is 19.2 Å². The van der Waals surface area contributed by atoms with Crippen molar-refractivity contribution >= 4 is 17.7 Å². The molecular formula is C19H27N3O5. The average Bonchev–Trinajstić information content (AvgIpc) is 2.57. The van der Waals surface area contributed by atoms with E-state index in [1.807, 2.05) is 0 Å². The summed E-state index contributed by atoms with van der Waals surface area (Å²) in [6, 6.07) is 4.77. The molecule has 1 N–H and O–H groups in total. The summed E-state index contributed by atoms with van der Waals surface area (Å²) < 4.78 is 5.22. The Morgan fingerprint density at radius 1 is 1.37 bits per heavy atom. The topological polar surface area (TPSA) is 102 Å². The van der Waals surface area contributed by atoms with E-state index in [4.69, 9.17) is 4.74 Å². The summed E-state index contributed by atoms with van der Waals surface area (Å²) in [7, 11) is 0. The van der Waals surface area contributed by atoms with E-state index in [9.17, 15) is 19.7 Å². The lowest BCUT2D eigenvalue weighted by Gasteiger charge is -2.33. The molecule has 0 bridgehead atoms. The number of nitro groups is 1. The number of piperidine rings is 1. The molecule has 2 rings (SSSR count). The molecule has 2 amide bonds. The number of alkyl carbamates (subject to hydrolysis) is 1. The number of para-hydroxylation sites is 1. The summed E-state index contributed by atoms with van der Waals surface area (Å²) in [4.78, 5) is 37.1. The van der Waals surface area contributed by atoms with Crippen molar-refractivity contribution in [3.05, 3.63) is 39.4 Å². The molecule has 0 aliphatic carbocycles. The van der Waals surface area contributed by atoms with Gasteiger partial charge < -0.3 is 15.0 Å². The fourth-order valence-electron chi connectivity index (χ4n) is 3.20. The smallest absolute Gasteiger partial charge is 0.407 e. The van der Waals surface area contributed by atoms with E-state index in [0.29, 0.717) is 25.2 Å². The zero-order valence-electron chi connectivity index (χ0n) is 16.3. The van der Waals surface area contributed by atoms with Gasteiger partial charge in [0.15, 0.2) is 0 Å². The highest BCUT2D eigenvalue weighted by molar-refractivity contribution is 5.98. The molecule has 8 nitrogen and oxygen atoms in total. The zero-order chi connectivity index (χ0) is 20.2. The first kappa shape index (κ1) is 20.7. The minimum absolute atomic E-state index is 0.0825. The van der Waals surface area contributed by atoms with Gasteiger partial charge in [-0.15, -0.1) is 0 Å². The lowest BCUT2D eigenvalue weighted by molar-refractivity contribution is -0.385. The van der Waals surface area contributed by atoms with Gasteiger partial charge in [0.25, 0.3) is 11.6 Å². The lowest BCUT2D eigenvalue weighted by atomic mass is 9.97. The maximum atomic E-state index is 12.9. The van der Waals surface area contributed by atoms with E-state index >= 15 is 0 Å². The van der Waals surface area contributed by atoms with Gasteiger partial charge in [0.05, 0.1) is 4.92 Å². The molecule has 1 aliphatic rings. The molecule has 1 unspecified atom stereocenters. The third kappa shape index (κ3) is 5.67. The van der Waals surface area contributed by atoms with Crippen molar-refractivity contribution in [3.63, 3.8) is 0 Å². The number of benzene rings is 1. The second-order valence-corrected chi connectivity index (χ2v) is 7.87. The molecule has 0 spiro atoms. The molecule has 1 fully saturated rings. The van der Waals surface area contributed by atoms with Gasteiger partial charge in [0.1, 0.15) is 11.2 Å². The number of likely N-dealkylation sites (tertiary alicyclic amines) is 1. The van der Waals surface area contributed by atoms with Crippen LogP contribution in [0.5, 0.6) is 0 Å². The van der Waals surface area contributed by atoms with Gasteiger partial charge in [-0.1, -0.05) is 12.1 Å². The number of rotatable bonds is 4. The van der Waals surface area contributed by atoms with Gasteiger partial charge in [-0.25, -0.2) is 4.79 Å². The Morgan fingerprint density at radius 3 is 2.70 bits per heavy atom. The van der Waals surface area contributed by atoms with Gasteiger partial charge in [-0.3, -0.25) is 14.9 Å². The van der Waals surface area contributed by atoms with Crippen molar-refractivity contribution in [3.8, 4) is 0 Å². The normalized spacial score (nSPS) is 17.3. The molecule has 1 heterocycles. The van der Waals surface area contributed by atoms with Crippen LogP contribution in [-0.2, 0) is 4.74 Å². The molecule has 148 valence electrons. The summed E-state index contributed by atoms with van der Waals surface area (Å²) >= 11 is 0. The highest BCUT2D eigenvalue weighted by atomic mass is 16.6. The van der Waals surface area contributed by atoms with Crippen molar-refractivity contribution in [2.24, 2.45) is 5.92 Å². The van der Waals surface area contributed by atoms with Crippen LogP contribution in [0, 0.1) is 23.0 Å². The van der Waals surface area contributed by atoms with E-state index in [1.165, 1.54) is 6.07 Å². The van der Waals surface area contributed by atoms with Crippen molar-refractivity contribution in [2.45, 2.75) is 46.1 Å². The quantitative estimate of drug-likeness (QED) is 0.641. The van der Waals surface area contributed by atoms with Crippen LogP contribution in [0.1, 0.15) is 49.5 Å². The van der Waals surface area contributed by atoms with E-state index in [-0.39, 0.29) is 23.1 Å². The highest BCUT2D eigenvalue weighted by Gasteiger charge is 2.30. The lowest BCUT2D eigenvalue weighted by Crippen LogP contribution is -2.44. The second kappa shape index (κ2) is 8.37. The Morgan fingerprint density at radius 2 is 2.07 bits per heavy atom. The van der Waals surface area contributed by atoms with Crippen LogP contribution in [0.2, 0.25) is 0 Å². The van der Waals surface area contributed by atoms with E-state index < -0.39 is 16.6 Å². The maximum Gasteiger partial charge on any atom is 0.407 e. The van der Waals surface area contributed by atoms with Crippen LogP contribution < -0.4 is 5.32 Å². The number of aryl methyl sites for hydroxylation is 1. The molecule has 1 aromatic rings. The number of ether oxygens (including phenoxy) is 1. The monoisotopic (exact) mass is 377 g/mol. The van der Waals surface area contributed by atoms with Crippen LogP contribution in [0.15, 0.2) is 18.2 Å². The van der Waals surface area contributed by atoms with Crippen molar-refractivity contribution in [1.29, 1.82) is 0 Å². The molecule has 1 aliphatic heterocycles. The molecule has 0 saturated carbocycles. The Hall–Kier alpha value is -2.64. The Kier molecular flexibility index (Phi) is 6.41. The van der Waals surface area contributed by atoms with Gasteiger partial charge in [-0.05, 0) is 52.5 Å². The Balaban J connectivity index is 2.02. The molecular weight excluding hydrogens is 350 g/mol. The third-order valence-corrected chi connectivity index (χ3v) is 4.39. The van der Waals surface area contributed by atoms with E-state index in [1.54, 1.807) is 44.7 Å². The number of amides is 2. The van der Waals surface area contributed by atoms with Gasteiger partial charge >= 0.3 is 6.09 Å². The largest absolute Gasteiger partial charge is 0.444 e. The summed E-state index contributed by atoms with van der Waals surface area (Å²) in [5.41, 5.74) is -0.133. The zero-order valence-corrected chi connectivity index (χ0v) is 16.3. The minimum atomic E-state index is -0.567. The van der Waals surface area contributed by atoms with Gasteiger partial charge in [0, 0.05) is 25.2 Å². The second-order valence-electron chi connectivity index (χ2n) is 7.87. The molecule has 0 radical (unpaired) electrons. The number of carbonyl (C=O) groups is 2. The van der Waals surface area contributed by atoms with Crippen molar-refractivity contribution in [2.75, 3.05) is 19.6 Å². The van der Waals surface area contributed by atoms with Crippen LogP contribution in [0.25, 0.3) is 0 Å². The minimum Gasteiger partial charge on any atom is -0.444 e. The number of carbonyl (C=O) groups excluding carboxylic acids is 2. The molecule has 1 aromatic carbocycles. The van der Waals surface area contributed by atoms with E-state index in [0.717, 1.165) is 12.8 Å². The molecule has 1 saturated heterocycles. The first-order chi connectivity index (χ1) is 12.6. The summed E-state index contributed by atoms with van der Waals surface area (Å²) in [5, 5.41) is 14.1. The number of hydrogen-bond acceptors (Lipinski definition) is 5. The number of nitrogens with zero attached hydrogens (tertiary/aromatic N) is 2. The molecule has 0 aromatic heterocycles. The van der Waals surface area contributed by atoms with Crippen LogP contribution >= 0.6 is 0 Å². The average molecular weight is 377 g/mol. The molecule has 8 heteroatoms. The predicted molar refractivity (Wildman–Crippen MR) is 101 cm³/mol. The third-order valence-electron chi connectivity index (χ3n) is 4.39. The number of hydrogen-bond donors (Lipinski definition) is 1. The summed E-state index contributed by atoms with van der Waals surface area (Å²) in [6.07, 6.45) is 1.17. The number of nitro benzene ring substituents is 1.